The van der Waals surface area contributed by atoms with E-state index in [1.54, 1.807) is 6.20 Å². The van der Waals surface area contributed by atoms with E-state index in [1.807, 2.05) is 12.1 Å². The minimum Gasteiger partial charge on any atom is -0.339 e. The van der Waals surface area contributed by atoms with Gasteiger partial charge in [0.2, 0.25) is 11.7 Å². The van der Waals surface area contributed by atoms with Crippen molar-refractivity contribution < 1.29 is 4.52 Å². The van der Waals surface area contributed by atoms with Crippen LogP contribution in [0.3, 0.4) is 0 Å². The zero-order chi connectivity index (χ0) is 15.5. The standard InChI is InChI=1S/C16H24N4O/c1-5-11-7-6-8-18-13(11)14-19-15(21-20-14)12(10-17)9-16(2,3)4/h6-8,12H,5,9-10,17H2,1-4H3. The van der Waals surface area contributed by atoms with Crippen LogP contribution in [0, 0.1) is 5.41 Å². The summed E-state index contributed by atoms with van der Waals surface area (Å²) in [5.74, 6) is 1.24. The van der Waals surface area contributed by atoms with Crippen LogP contribution in [0.25, 0.3) is 11.5 Å². The Morgan fingerprint density at radius 1 is 1.33 bits per heavy atom. The minimum atomic E-state index is 0.0834. The highest BCUT2D eigenvalue weighted by Crippen LogP contribution is 2.30. The lowest BCUT2D eigenvalue weighted by atomic mass is 9.84. The van der Waals surface area contributed by atoms with Gasteiger partial charge in [0.25, 0.3) is 0 Å². The molecule has 114 valence electrons. The fourth-order valence-corrected chi connectivity index (χ4v) is 2.43. The molecule has 0 aromatic carbocycles. The molecule has 0 amide bonds. The van der Waals surface area contributed by atoms with E-state index in [9.17, 15) is 0 Å². The Hall–Kier alpha value is -1.75. The summed E-state index contributed by atoms with van der Waals surface area (Å²) in [4.78, 5) is 8.90. The molecule has 0 bridgehead atoms. The molecule has 1 atom stereocenters. The van der Waals surface area contributed by atoms with Gasteiger partial charge in [0.1, 0.15) is 5.69 Å². The minimum absolute atomic E-state index is 0.0834. The molecule has 0 spiro atoms. The molecule has 2 aromatic rings. The molecule has 0 fully saturated rings. The maximum absolute atomic E-state index is 5.87. The quantitative estimate of drug-likeness (QED) is 0.914. The van der Waals surface area contributed by atoms with Crippen molar-refractivity contribution in [2.75, 3.05) is 6.54 Å². The summed E-state index contributed by atoms with van der Waals surface area (Å²) in [7, 11) is 0. The second-order valence-electron chi connectivity index (χ2n) is 6.52. The van der Waals surface area contributed by atoms with Crippen LogP contribution >= 0.6 is 0 Å². The highest BCUT2D eigenvalue weighted by molar-refractivity contribution is 5.53. The first-order valence-corrected chi connectivity index (χ1v) is 7.42. The molecule has 2 heterocycles. The summed E-state index contributed by atoms with van der Waals surface area (Å²) in [6.07, 6.45) is 3.55. The summed E-state index contributed by atoms with van der Waals surface area (Å²) in [5.41, 5.74) is 7.95. The lowest BCUT2D eigenvalue weighted by molar-refractivity contribution is 0.287. The number of nitrogens with zero attached hydrogens (tertiary/aromatic N) is 3. The van der Waals surface area contributed by atoms with Crippen molar-refractivity contribution in [1.82, 2.24) is 15.1 Å². The predicted molar refractivity (Wildman–Crippen MR) is 82.8 cm³/mol. The molecule has 0 aliphatic carbocycles. The van der Waals surface area contributed by atoms with E-state index in [1.165, 1.54) is 0 Å². The van der Waals surface area contributed by atoms with Crippen LogP contribution in [0.15, 0.2) is 22.9 Å². The van der Waals surface area contributed by atoms with Crippen LogP contribution in [0.4, 0.5) is 0 Å². The molecule has 0 saturated carbocycles. The summed E-state index contributed by atoms with van der Waals surface area (Å²) >= 11 is 0. The number of pyridine rings is 1. The highest BCUT2D eigenvalue weighted by Gasteiger charge is 2.24. The molecule has 2 rings (SSSR count). The maximum Gasteiger partial charge on any atom is 0.231 e. The third-order valence-electron chi connectivity index (χ3n) is 3.42. The molecule has 2 N–H and O–H groups in total. The lowest BCUT2D eigenvalue weighted by Gasteiger charge is -2.22. The molecule has 21 heavy (non-hydrogen) atoms. The smallest absolute Gasteiger partial charge is 0.231 e. The van der Waals surface area contributed by atoms with Crippen molar-refractivity contribution >= 4 is 0 Å². The van der Waals surface area contributed by atoms with Gasteiger partial charge >= 0.3 is 0 Å². The average molecular weight is 288 g/mol. The second-order valence-corrected chi connectivity index (χ2v) is 6.52. The number of hydrogen-bond acceptors (Lipinski definition) is 5. The van der Waals surface area contributed by atoms with Crippen molar-refractivity contribution in [3.63, 3.8) is 0 Å². The number of hydrogen-bond donors (Lipinski definition) is 1. The molecule has 1 unspecified atom stereocenters. The van der Waals surface area contributed by atoms with Crippen LogP contribution in [0.1, 0.15) is 51.5 Å². The fourth-order valence-electron chi connectivity index (χ4n) is 2.43. The van der Waals surface area contributed by atoms with Gasteiger partial charge in [0.15, 0.2) is 0 Å². The van der Waals surface area contributed by atoms with Gasteiger partial charge in [0.05, 0.1) is 5.92 Å². The summed E-state index contributed by atoms with van der Waals surface area (Å²) in [6, 6.07) is 3.96. The molecule has 0 aliphatic heterocycles. The van der Waals surface area contributed by atoms with E-state index in [0.29, 0.717) is 18.3 Å². The van der Waals surface area contributed by atoms with E-state index in [-0.39, 0.29) is 11.3 Å². The molecular formula is C16H24N4O. The number of rotatable bonds is 5. The van der Waals surface area contributed by atoms with Crippen LogP contribution in [0.5, 0.6) is 0 Å². The Labute approximate surface area is 126 Å². The van der Waals surface area contributed by atoms with Gasteiger partial charge in [-0.1, -0.05) is 38.9 Å². The first kappa shape index (κ1) is 15.6. The highest BCUT2D eigenvalue weighted by atomic mass is 16.5. The van der Waals surface area contributed by atoms with Gasteiger partial charge in [-0.3, -0.25) is 4.98 Å². The van der Waals surface area contributed by atoms with Crippen molar-refractivity contribution in [3.05, 3.63) is 29.8 Å². The van der Waals surface area contributed by atoms with Crippen LogP contribution in [0.2, 0.25) is 0 Å². The molecule has 5 nitrogen and oxygen atoms in total. The maximum atomic E-state index is 5.87. The predicted octanol–water partition coefficient (Wildman–Crippen LogP) is 3.17. The lowest BCUT2D eigenvalue weighted by Crippen LogP contribution is -2.19. The van der Waals surface area contributed by atoms with Crippen molar-refractivity contribution in [1.29, 1.82) is 0 Å². The third kappa shape index (κ3) is 3.88. The molecule has 0 saturated heterocycles. The number of aromatic nitrogens is 3. The molecule has 2 aromatic heterocycles. The summed E-state index contributed by atoms with van der Waals surface area (Å²) < 4.78 is 5.44. The zero-order valence-electron chi connectivity index (χ0n) is 13.3. The van der Waals surface area contributed by atoms with E-state index in [0.717, 1.165) is 24.1 Å². The first-order chi connectivity index (χ1) is 9.94. The van der Waals surface area contributed by atoms with Crippen molar-refractivity contribution in [2.45, 2.75) is 46.5 Å². The normalized spacial score (nSPS) is 13.4. The van der Waals surface area contributed by atoms with Gasteiger partial charge < -0.3 is 10.3 Å². The first-order valence-electron chi connectivity index (χ1n) is 7.42. The Morgan fingerprint density at radius 3 is 2.71 bits per heavy atom. The van der Waals surface area contributed by atoms with E-state index in [2.05, 4.69) is 42.8 Å². The van der Waals surface area contributed by atoms with E-state index in [4.69, 9.17) is 10.3 Å². The van der Waals surface area contributed by atoms with Crippen LogP contribution < -0.4 is 5.73 Å². The van der Waals surface area contributed by atoms with Gasteiger partial charge in [-0.2, -0.15) is 4.98 Å². The SMILES string of the molecule is CCc1cccnc1-c1noc(C(CN)CC(C)(C)C)n1. The second kappa shape index (κ2) is 6.35. The van der Waals surface area contributed by atoms with E-state index < -0.39 is 0 Å². The summed E-state index contributed by atoms with van der Waals surface area (Å²) in [6.45, 7) is 9.13. The summed E-state index contributed by atoms with van der Waals surface area (Å²) in [5, 5.41) is 4.09. The monoisotopic (exact) mass is 288 g/mol. The molecular weight excluding hydrogens is 264 g/mol. The van der Waals surface area contributed by atoms with Gasteiger partial charge in [-0.25, -0.2) is 0 Å². The Bertz CT molecular complexity index is 586. The Morgan fingerprint density at radius 2 is 2.10 bits per heavy atom. The fraction of sp³-hybridized carbons (Fsp3) is 0.562. The largest absolute Gasteiger partial charge is 0.339 e. The topological polar surface area (TPSA) is 77.8 Å². The van der Waals surface area contributed by atoms with Crippen LogP contribution in [-0.4, -0.2) is 21.7 Å². The third-order valence-corrected chi connectivity index (χ3v) is 3.42. The van der Waals surface area contributed by atoms with E-state index >= 15 is 0 Å². The van der Waals surface area contributed by atoms with Crippen molar-refractivity contribution in [2.24, 2.45) is 11.1 Å². The number of aryl methyl sites for hydroxylation is 1. The van der Waals surface area contributed by atoms with Crippen LogP contribution in [-0.2, 0) is 6.42 Å². The van der Waals surface area contributed by atoms with Gasteiger partial charge in [-0.05, 0) is 29.9 Å². The average Bonchev–Trinajstić information content (AvgIpc) is 2.93. The zero-order valence-corrected chi connectivity index (χ0v) is 13.3. The van der Waals surface area contributed by atoms with Gasteiger partial charge in [0, 0.05) is 12.7 Å². The van der Waals surface area contributed by atoms with Gasteiger partial charge in [-0.15, -0.1) is 0 Å². The number of nitrogens with two attached hydrogens (primary N) is 1. The molecule has 0 radical (unpaired) electrons. The molecule has 5 heteroatoms. The Balaban J connectivity index is 2.28. The molecule has 0 aliphatic rings. The van der Waals surface area contributed by atoms with Crippen molar-refractivity contribution in [3.8, 4) is 11.5 Å². The Kier molecular flexibility index (Phi) is 4.73.